The van der Waals surface area contributed by atoms with Gasteiger partial charge in [-0.15, -0.1) is 11.6 Å². The summed E-state index contributed by atoms with van der Waals surface area (Å²) < 4.78 is 5.19. The van der Waals surface area contributed by atoms with E-state index in [9.17, 15) is 5.26 Å². The van der Waals surface area contributed by atoms with Crippen LogP contribution in [0.15, 0.2) is 18.2 Å². The Hall–Kier alpha value is -1.24. The van der Waals surface area contributed by atoms with Gasteiger partial charge in [-0.25, -0.2) is 0 Å². The molecule has 1 heterocycles. The number of methoxy groups -OCH3 is 1. The Kier molecular flexibility index (Phi) is 4.46. The van der Waals surface area contributed by atoms with E-state index in [-0.39, 0.29) is 0 Å². The second kappa shape index (κ2) is 6.08. The molecule has 0 radical (unpaired) electrons. The third kappa shape index (κ3) is 2.77. The van der Waals surface area contributed by atoms with Gasteiger partial charge in [-0.3, -0.25) is 0 Å². The monoisotopic (exact) mass is 264 g/mol. The van der Waals surface area contributed by atoms with Crippen molar-refractivity contribution in [1.82, 2.24) is 0 Å². The average molecular weight is 265 g/mol. The minimum absolute atomic E-state index is 0.446. The molecule has 0 N–H and O–H groups in total. The van der Waals surface area contributed by atoms with Gasteiger partial charge in [0.15, 0.2) is 0 Å². The molecule has 0 amide bonds. The third-order valence-corrected chi connectivity index (χ3v) is 3.67. The molecule has 18 heavy (non-hydrogen) atoms. The van der Waals surface area contributed by atoms with Crippen LogP contribution in [0.1, 0.15) is 17.5 Å². The zero-order valence-electron chi connectivity index (χ0n) is 10.5. The normalized spacial score (nSPS) is 18.9. The van der Waals surface area contributed by atoms with Crippen molar-refractivity contribution in [3.8, 4) is 6.07 Å². The first kappa shape index (κ1) is 13.2. The van der Waals surface area contributed by atoms with Crippen LogP contribution in [-0.2, 0) is 10.6 Å². The molecule has 1 aliphatic rings. The zero-order chi connectivity index (χ0) is 13.0. The first-order chi connectivity index (χ1) is 8.78. The summed E-state index contributed by atoms with van der Waals surface area (Å²) in [6.45, 7) is 2.74. The van der Waals surface area contributed by atoms with Crippen molar-refractivity contribution in [3.05, 3.63) is 29.3 Å². The molecule has 3 nitrogen and oxygen atoms in total. The van der Waals surface area contributed by atoms with Crippen LogP contribution in [0.3, 0.4) is 0 Å². The summed E-state index contributed by atoms with van der Waals surface area (Å²) in [7, 11) is 1.73. The van der Waals surface area contributed by atoms with Gasteiger partial charge in [-0.05, 0) is 24.1 Å². The van der Waals surface area contributed by atoms with Gasteiger partial charge in [0.2, 0.25) is 0 Å². The average Bonchev–Trinajstić information content (AvgIpc) is 2.87. The second-order valence-corrected chi connectivity index (χ2v) is 4.92. The summed E-state index contributed by atoms with van der Waals surface area (Å²) in [5, 5.41) is 9.22. The molecule has 1 unspecified atom stereocenters. The van der Waals surface area contributed by atoms with Crippen molar-refractivity contribution in [2.45, 2.75) is 12.3 Å². The van der Waals surface area contributed by atoms with E-state index in [2.05, 4.69) is 11.0 Å². The number of alkyl halides is 1. The van der Waals surface area contributed by atoms with Gasteiger partial charge in [0.05, 0.1) is 17.9 Å². The molecule has 4 heteroatoms. The van der Waals surface area contributed by atoms with E-state index in [0.717, 1.165) is 37.4 Å². The van der Waals surface area contributed by atoms with Crippen molar-refractivity contribution >= 4 is 17.3 Å². The maximum Gasteiger partial charge on any atom is 0.101 e. The fraction of sp³-hybridized carbons (Fsp3) is 0.500. The van der Waals surface area contributed by atoms with Gasteiger partial charge in [0, 0.05) is 32.0 Å². The summed E-state index contributed by atoms with van der Waals surface area (Å²) in [6.07, 6.45) is 1.12. The van der Waals surface area contributed by atoms with Gasteiger partial charge >= 0.3 is 0 Å². The van der Waals surface area contributed by atoms with E-state index in [0.29, 0.717) is 17.4 Å². The van der Waals surface area contributed by atoms with Crippen LogP contribution >= 0.6 is 11.6 Å². The molecule has 0 bridgehead atoms. The lowest BCUT2D eigenvalue weighted by Gasteiger charge is -2.20. The van der Waals surface area contributed by atoms with E-state index in [1.165, 1.54) is 0 Å². The molecule has 1 aromatic carbocycles. The lowest BCUT2D eigenvalue weighted by atomic mass is 10.1. The molecule has 2 rings (SSSR count). The Bertz CT molecular complexity index is 456. The lowest BCUT2D eigenvalue weighted by molar-refractivity contribution is 0.161. The fourth-order valence-corrected chi connectivity index (χ4v) is 2.62. The summed E-state index contributed by atoms with van der Waals surface area (Å²) >= 11 is 5.79. The molecular formula is C14H17ClN2O. The van der Waals surface area contributed by atoms with Crippen molar-refractivity contribution < 1.29 is 4.74 Å². The number of rotatable bonds is 4. The fourth-order valence-electron chi connectivity index (χ4n) is 2.45. The first-order valence-electron chi connectivity index (χ1n) is 6.11. The highest BCUT2D eigenvalue weighted by molar-refractivity contribution is 6.17. The molecule has 0 spiro atoms. The Morgan fingerprint density at radius 3 is 3.06 bits per heavy atom. The van der Waals surface area contributed by atoms with Gasteiger partial charge in [-0.1, -0.05) is 6.07 Å². The molecular weight excluding hydrogens is 248 g/mol. The number of anilines is 1. The number of benzene rings is 1. The maximum atomic E-state index is 9.22. The molecule has 0 saturated carbocycles. The number of hydrogen-bond donors (Lipinski definition) is 0. The molecule has 1 atom stereocenters. The predicted molar refractivity (Wildman–Crippen MR) is 72.9 cm³/mol. The highest BCUT2D eigenvalue weighted by Gasteiger charge is 2.24. The van der Waals surface area contributed by atoms with E-state index in [1.807, 2.05) is 18.2 Å². The quantitative estimate of drug-likeness (QED) is 0.785. The van der Waals surface area contributed by atoms with Gasteiger partial charge < -0.3 is 9.64 Å². The number of halogens is 1. The van der Waals surface area contributed by atoms with E-state index in [1.54, 1.807) is 7.11 Å². The Morgan fingerprint density at radius 2 is 2.39 bits per heavy atom. The van der Waals surface area contributed by atoms with Crippen LogP contribution in [0, 0.1) is 17.2 Å². The summed E-state index contributed by atoms with van der Waals surface area (Å²) in [4.78, 5) is 2.26. The number of nitriles is 1. The molecule has 1 aromatic rings. The smallest absolute Gasteiger partial charge is 0.101 e. The van der Waals surface area contributed by atoms with E-state index in [4.69, 9.17) is 16.3 Å². The van der Waals surface area contributed by atoms with Gasteiger partial charge in [-0.2, -0.15) is 5.26 Å². The largest absolute Gasteiger partial charge is 0.384 e. The Labute approximate surface area is 113 Å². The number of ether oxygens (including phenoxy) is 1. The zero-order valence-corrected chi connectivity index (χ0v) is 11.3. The van der Waals surface area contributed by atoms with E-state index >= 15 is 0 Å². The van der Waals surface area contributed by atoms with Crippen LogP contribution < -0.4 is 4.90 Å². The SMILES string of the molecule is COCC1CCN(c2ccc(CCl)cc2C#N)C1. The molecule has 96 valence electrons. The summed E-state index contributed by atoms with van der Waals surface area (Å²) in [5.41, 5.74) is 2.72. The first-order valence-corrected chi connectivity index (χ1v) is 6.64. The van der Waals surface area contributed by atoms with Gasteiger partial charge in [0.25, 0.3) is 0 Å². The summed E-state index contributed by atoms with van der Waals surface area (Å²) in [5.74, 6) is 1.01. The lowest BCUT2D eigenvalue weighted by Crippen LogP contribution is -2.21. The van der Waals surface area contributed by atoms with Gasteiger partial charge in [0.1, 0.15) is 6.07 Å². The molecule has 0 aliphatic carbocycles. The Morgan fingerprint density at radius 1 is 1.56 bits per heavy atom. The maximum absolute atomic E-state index is 9.22. The molecule has 1 aliphatic heterocycles. The Balaban J connectivity index is 2.17. The van der Waals surface area contributed by atoms with Crippen molar-refractivity contribution in [3.63, 3.8) is 0 Å². The second-order valence-electron chi connectivity index (χ2n) is 4.65. The van der Waals surface area contributed by atoms with Crippen molar-refractivity contribution in [2.24, 2.45) is 5.92 Å². The highest BCUT2D eigenvalue weighted by Crippen LogP contribution is 2.28. The molecule has 1 fully saturated rings. The van der Waals surface area contributed by atoms with Crippen LogP contribution in [-0.4, -0.2) is 26.8 Å². The predicted octanol–water partition coefficient (Wildman–Crippen LogP) is 2.77. The minimum atomic E-state index is 0.446. The molecule has 1 saturated heterocycles. The minimum Gasteiger partial charge on any atom is -0.384 e. The third-order valence-electron chi connectivity index (χ3n) is 3.36. The van der Waals surface area contributed by atoms with Crippen LogP contribution in [0.2, 0.25) is 0 Å². The number of nitrogens with zero attached hydrogens (tertiary/aromatic N) is 2. The van der Waals surface area contributed by atoms with Crippen molar-refractivity contribution in [1.29, 1.82) is 5.26 Å². The standard InChI is InChI=1S/C14H17ClN2O/c1-18-10-12-4-5-17(9-12)14-3-2-11(7-15)6-13(14)8-16/h2-3,6,12H,4-5,7,9-10H2,1H3. The molecule has 0 aromatic heterocycles. The van der Waals surface area contributed by atoms with Crippen LogP contribution in [0.5, 0.6) is 0 Å². The number of hydrogen-bond acceptors (Lipinski definition) is 3. The summed E-state index contributed by atoms with van der Waals surface area (Å²) in [6, 6.07) is 8.14. The van der Waals surface area contributed by atoms with Crippen LogP contribution in [0.4, 0.5) is 5.69 Å². The topological polar surface area (TPSA) is 36.3 Å². The van der Waals surface area contributed by atoms with Crippen molar-refractivity contribution in [2.75, 3.05) is 31.7 Å². The van der Waals surface area contributed by atoms with Crippen LogP contribution in [0.25, 0.3) is 0 Å². The highest BCUT2D eigenvalue weighted by atomic mass is 35.5. The van der Waals surface area contributed by atoms with E-state index < -0.39 is 0 Å².